The monoisotopic (exact) mass is 290 g/mol. The zero-order valence-corrected chi connectivity index (χ0v) is 11.9. The number of amides is 3. The Bertz CT molecular complexity index is 536. The summed E-state index contributed by atoms with van der Waals surface area (Å²) < 4.78 is 5.50. The number of carbonyl (C=O) groups excluding carboxylic acids is 2. The summed E-state index contributed by atoms with van der Waals surface area (Å²) >= 11 is 0. The first-order valence-corrected chi connectivity index (χ1v) is 6.94. The van der Waals surface area contributed by atoms with E-state index >= 15 is 0 Å². The van der Waals surface area contributed by atoms with Crippen molar-refractivity contribution in [3.8, 4) is 0 Å². The van der Waals surface area contributed by atoms with Gasteiger partial charge in [0.25, 0.3) is 0 Å². The predicted molar refractivity (Wildman–Crippen MR) is 74.3 cm³/mol. The number of pyridine rings is 1. The van der Waals surface area contributed by atoms with Gasteiger partial charge in [-0.05, 0) is 11.6 Å². The molecule has 0 spiro atoms. The molecule has 1 aromatic heterocycles. The van der Waals surface area contributed by atoms with Crippen LogP contribution in [0.15, 0.2) is 24.5 Å². The molecular formula is C14H18N4O3. The van der Waals surface area contributed by atoms with Gasteiger partial charge < -0.3 is 19.9 Å². The first-order chi connectivity index (χ1) is 10.1. The van der Waals surface area contributed by atoms with Crippen LogP contribution >= 0.6 is 0 Å². The molecule has 2 aliphatic heterocycles. The van der Waals surface area contributed by atoms with E-state index in [0.717, 1.165) is 5.56 Å². The van der Waals surface area contributed by atoms with Crippen LogP contribution in [0, 0.1) is 0 Å². The van der Waals surface area contributed by atoms with Crippen LogP contribution in [0.1, 0.15) is 5.56 Å². The number of likely N-dealkylation sites (tertiary alicyclic amines) is 1. The number of aromatic nitrogens is 1. The Kier molecular flexibility index (Phi) is 3.74. The molecular weight excluding hydrogens is 272 g/mol. The van der Waals surface area contributed by atoms with Crippen molar-refractivity contribution in [3.63, 3.8) is 0 Å². The highest BCUT2D eigenvalue weighted by molar-refractivity contribution is 5.79. The summed E-state index contributed by atoms with van der Waals surface area (Å²) in [6, 6.07) is 3.56. The lowest BCUT2D eigenvalue weighted by Gasteiger charge is -2.33. The van der Waals surface area contributed by atoms with E-state index in [2.05, 4.69) is 10.3 Å². The van der Waals surface area contributed by atoms with E-state index in [1.54, 1.807) is 29.2 Å². The number of urea groups is 1. The second kappa shape index (κ2) is 5.69. The molecule has 2 atom stereocenters. The number of likely N-dealkylation sites (N-methyl/N-ethyl adjacent to an activating group) is 1. The zero-order valence-electron chi connectivity index (χ0n) is 11.9. The predicted octanol–water partition coefficient (Wildman–Crippen LogP) is -0.167. The molecule has 2 fully saturated rings. The van der Waals surface area contributed by atoms with Crippen LogP contribution in [0.4, 0.5) is 4.79 Å². The molecule has 112 valence electrons. The Morgan fingerprint density at radius 2 is 2.38 bits per heavy atom. The van der Waals surface area contributed by atoms with Crippen LogP contribution < -0.4 is 5.32 Å². The highest BCUT2D eigenvalue weighted by Gasteiger charge is 2.43. The Labute approximate surface area is 122 Å². The lowest BCUT2D eigenvalue weighted by Crippen LogP contribution is -2.51. The number of hydrogen-bond donors (Lipinski definition) is 1. The Hall–Kier alpha value is -2.15. The van der Waals surface area contributed by atoms with E-state index in [-0.39, 0.29) is 30.7 Å². The average Bonchev–Trinajstić information content (AvgIpc) is 2.95. The van der Waals surface area contributed by atoms with Crippen LogP contribution in [-0.4, -0.2) is 65.6 Å². The number of nitrogens with one attached hydrogen (secondary N) is 1. The fourth-order valence-electron chi connectivity index (χ4n) is 2.72. The Balaban J connectivity index is 1.56. The summed E-state index contributed by atoms with van der Waals surface area (Å²) in [5.41, 5.74) is 0.950. The maximum absolute atomic E-state index is 12.2. The zero-order chi connectivity index (χ0) is 14.8. The molecule has 0 aromatic carbocycles. The smallest absolute Gasteiger partial charge is 0.317 e. The maximum Gasteiger partial charge on any atom is 0.317 e. The van der Waals surface area contributed by atoms with E-state index < -0.39 is 0 Å². The quantitative estimate of drug-likeness (QED) is 0.821. The van der Waals surface area contributed by atoms with Gasteiger partial charge in [-0.25, -0.2) is 4.79 Å². The lowest BCUT2D eigenvalue weighted by molar-refractivity contribution is -0.150. The highest BCUT2D eigenvalue weighted by atomic mass is 16.5. The van der Waals surface area contributed by atoms with E-state index in [1.807, 2.05) is 12.1 Å². The van der Waals surface area contributed by atoms with Gasteiger partial charge in [0.1, 0.15) is 6.61 Å². The molecule has 0 aliphatic carbocycles. The summed E-state index contributed by atoms with van der Waals surface area (Å²) in [6.45, 7) is 1.56. The third kappa shape index (κ3) is 2.82. The first kappa shape index (κ1) is 13.8. The molecule has 3 rings (SSSR count). The third-order valence-electron chi connectivity index (χ3n) is 4.00. The number of ether oxygens (including phenoxy) is 1. The van der Waals surface area contributed by atoms with E-state index in [9.17, 15) is 9.59 Å². The Morgan fingerprint density at radius 3 is 3.14 bits per heavy atom. The lowest BCUT2D eigenvalue weighted by atomic mass is 10.1. The minimum Gasteiger partial charge on any atom is -0.364 e. The second-order valence-corrected chi connectivity index (χ2v) is 5.35. The molecule has 2 aliphatic rings. The molecule has 2 saturated heterocycles. The fourth-order valence-corrected chi connectivity index (χ4v) is 2.72. The minimum absolute atomic E-state index is 0.0335. The highest BCUT2D eigenvalue weighted by Crippen LogP contribution is 2.22. The van der Waals surface area contributed by atoms with Crippen molar-refractivity contribution < 1.29 is 14.3 Å². The number of morpholine rings is 1. The van der Waals surface area contributed by atoms with Gasteiger partial charge in [0.15, 0.2) is 0 Å². The molecule has 0 unspecified atom stereocenters. The number of fused-ring (bicyclic) bond motifs is 1. The van der Waals surface area contributed by atoms with Crippen molar-refractivity contribution in [1.29, 1.82) is 0 Å². The maximum atomic E-state index is 12.2. The van der Waals surface area contributed by atoms with Gasteiger partial charge in [0, 0.05) is 32.5 Å². The van der Waals surface area contributed by atoms with Crippen molar-refractivity contribution in [1.82, 2.24) is 20.1 Å². The summed E-state index contributed by atoms with van der Waals surface area (Å²) in [5.74, 6) is -0.0335. The Morgan fingerprint density at radius 1 is 1.52 bits per heavy atom. The molecule has 7 heteroatoms. The number of hydrogen-bond acceptors (Lipinski definition) is 4. The van der Waals surface area contributed by atoms with Crippen molar-refractivity contribution in [2.24, 2.45) is 0 Å². The van der Waals surface area contributed by atoms with Gasteiger partial charge in [-0.1, -0.05) is 6.07 Å². The van der Waals surface area contributed by atoms with Gasteiger partial charge in [0.2, 0.25) is 5.91 Å². The summed E-state index contributed by atoms with van der Waals surface area (Å²) in [4.78, 5) is 31.2. The molecule has 1 N–H and O–H groups in total. The van der Waals surface area contributed by atoms with Crippen molar-refractivity contribution >= 4 is 11.9 Å². The van der Waals surface area contributed by atoms with Crippen molar-refractivity contribution in [3.05, 3.63) is 30.1 Å². The molecule has 0 radical (unpaired) electrons. The normalized spacial score (nSPS) is 24.9. The molecule has 0 saturated carbocycles. The van der Waals surface area contributed by atoms with Gasteiger partial charge in [-0.2, -0.15) is 0 Å². The molecule has 3 heterocycles. The second-order valence-electron chi connectivity index (χ2n) is 5.35. The fraction of sp³-hybridized carbons (Fsp3) is 0.500. The van der Waals surface area contributed by atoms with Crippen molar-refractivity contribution in [2.45, 2.75) is 18.7 Å². The largest absolute Gasteiger partial charge is 0.364 e. The summed E-state index contributed by atoms with van der Waals surface area (Å²) in [5, 5.41) is 2.86. The van der Waals surface area contributed by atoms with Gasteiger partial charge in [-0.3, -0.25) is 9.78 Å². The van der Waals surface area contributed by atoms with Gasteiger partial charge >= 0.3 is 6.03 Å². The van der Waals surface area contributed by atoms with Crippen LogP contribution in [0.5, 0.6) is 0 Å². The summed E-state index contributed by atoms with van der Waals surface area (Å²) in [7, 11) is 1.76. The van der Waals surface area contributed by atoms with E-state index in [1.165, 1.54) is 0 Å². The SMILES string of the molecule is CN1C(=O)CO[C@H]2CN(C(=O)NCc3cccnc3)C[C@@H]21. The van der Waals surface area contributed by atoms with Gasteiger partial charge in [-0.15, -0.1) is 0 Å². The molecule has 0 bridgehead atoms. The number of carbonyl (C=O) groups is 2. The van der Waals surface area contributed by atoms with E-state index in [0.29, 0.717) is 19.6 Å². The minimum atomic E-state index is -0.141. The number of rotatable bonds is 2. The first-order valence-electron chi connectivity index (χ1n) is 6.94. The van der Waals surface area contributed by atoms with Crippen LogP contribution in [0.2, 0.25) is 0 Å². The third-order valence-corrected chi connectivity index (χ3v) is 4.00. The van der Waals surface area contributed by atoms with Crippen LogP contribution in [0.25, 0.3) is 0 Å². The summed E-state index contributed by atoms with van der Waals surface area (Å²) in [6.07, 6.45) is 3.33. The standard InChI is InChI=1S/C14H18N4O3/c1-17-11-7-18(8-12(11)21-9-13(17)19)14(20)16-6-10-3-2-4-15-5-10/h2-5,11-12H,6-9H2,1H3,(H,16,20)/t11-,12-/m0/s1. The molecule has 7 nitrogen and oxygen atoms in total. The molecule has 1 aromatic rings. The van der Waals surface area contributed by atoms with Crippen molar-refractivity contribution in [2.75, 3.05) is 26.7 Å². The van der Waals surface area contributed by atoms with Crippen LogP contribution in [-0.2, 0) is 16.1 Å². The average molecular weight is 290 g/mol. The topological polar surface area (TPSA) is 74.8 Å². The number of nitrogens with zero attached hydrogens (tertiary/aromatic N) is 3. The molecule has 21 heavy (non-hydrogen) atoms. The molecule has 3 amide bonds. The van der Waals surface area contributed by atoms with E-state index in [4.69, 9.17) is 4.74 Å². The van der Waals surface area contributed by atoms with Gasteiger partial charge in [0.05, 0.1) is 18.7 Å². The van der Waals surface area contributed by atoms with Crippen LogP contribution in [0.3, 0.4) is 0 Å².